The first-order valence-electron chi connectivity index (χ1n) is 7.07. The van der Waals surface area contributed by atoms with Crippen LogP contribution in [0.1, 0.15) is 11.1 Å². The summed E-state index contributed by atoms with van der Waals surface area (Å²) in [5, 5.41) is 16.6. The lowest BCUT2D eigenvalue weighted by Gasteiger charge is -2.03. The number of nitro benzene ring substituents is 1. The molecule has 0 fully saturated rings. The SMILES string of the molecule is Cc1ccc(-c2csc(Nc3cccc([N+](=O)[O-])c3)n2)cc1C. The van der Waals surface area contributed by atoms with Crippen LogP contribution in [0.2, 0.25) is 0 Å². The van der Waals surface area contributed by atoms with Crippen LogP contribution in [0.4, 0.5) is 16.5 Å². The van der Waals surface area contributed by atoms with Crippen LogP contribution in [0.3, 0.4) is 0 Å². The van der Waals surface area contributed by atoms with E-state index in [4.69, 9.17) is 0 Å². The quantitative estimate of drug-likeness (QED) is 0.536. The molecule has 3 aromatic rings. The first-order valence-corrected chi connectivity index (χ1v) is 7.95. The predicted molar refractivity (Wildman–Crippen MR) is 93.4 cm³/mol. The van der Waals surface area contributed by atoms with Crippen LogP contribution in [0.5, 0.6) is 0 Å². The highest BCUT2D eigenvalue weighted by Gasteiger charge is 2.09. The standard InChI is InChI=1S/C17H15N3O2S/c1-11-6-7-13(8-12(11)2)16-10-23-17(19-16)18-14-4-3-5-15(9-14)20(21)22/h3-10H,1-2H3,(H,18,19). The first-order chi connectivity index (χ1) is 11.0. The average molecular weight is 325 g/mol. The van der Waals surface area contributed by atoms with Crippen LogP contribution in [-0.4, -0.2) is 9.91 Å². The van der Waals surface area contributed by atoms with Crippen molar-refractivity contribution in [2.24, 2.45) is 0 Å². The van der Waals surface area contributed by atoms with Gasteiger partial charge in [0.1, 0.15) is 0 Å². The summed E-state index contributed by atoms with van der Waals surface area (Å²) >= 11 is 1.47. The second-order valence-corrected chi connectivity index (χ2v) is 6.13. The third-order valence-electron chi connectivity index (χ3n) is 3.62. The highest BCUT2D eigenvalue weighted by Crippen LogP contribution is 2.29. The maximum Gasteiger partial charge on any atom is 0.271 e. The van der Waals surface area contributed by atoms with Gasteiger partial charge in [-0.3, -0.25) is 10.1 Å². The molecule has 0 saturated carbocycles. The fourth-order valence-corrected chi connectivity index (χ4v) is 2.93. The van der Waals surface area contributed by atoms with E-state index in [1.807, 2.05) is 5.38 Å². The number of hydrogen-bond donors (Lipinski definition) is 1. The largest absolute Gasteiger partial charge is 0.331 e. The van der Waals surface area contributed by atoms with Crippen molar-refractivity contribution in [2.45, 2.75) is 13.8 Å². The second kappa shape index (κ2) is 6.18. The van der Waals surface area contributed by atoms with Gasteiger partial charge in [-0.1, -0.05) is 18.2 Å². The van der Waals surface area contributed by atoms with Crippen molar-refractivity contribution in [3.8, 4) is 11.3 Å². The molecule has 0 radical (unpaired) electrons. The molecule has 0 bridgehead atoms. The topological polar surface area (TPSA) is 68.1 Å². The molecule has 1 heterocycles. The Labute approximate surface area is 137 Å². The van der Waals surface area contributed by atoms with Gasteiger partial charge in [-0.15, -0.1) is 11.3 Å². The van der Waals surface area contributed by atoms with Gasteiger partial charge in [0.25, 0.3) is 5.69 Å². The Morgan fingerprint density at radius 2 is 1.96 bits per heavy atom. The van der Waals surface area contributed by atoms with Crippen molar-refractivity contribution in [3.63, 3.8) is 0 Å². The fraction of sp³-hybridized carbons (Fsp3) is 0.118. The van der Waals surface area contributed by atoms with E-state index in [1.54, 1.807) is 12.1 Å². The van der Waals surface area contributed by atoms with E-state index >= 15 is 0 Å². The molecule has 0 aliphatic heterocycles. The normalized spacial score (nSPS) is 10.5. The zero-order chi connectivity index (χ0) is 16.4. The number of non-ortho nitro benzene ring substituents is 1. The number of thiazole rings is 1. The Morgan fingerprint density at radius 3 is 2.70 bits per heavy atom. The summed E-state index contributed by atoms with van der Waals surface area (Å²) in [5.74, 6) is 0. The van der Waals surface area contributed by atoms with E-state index in [-0.39, 0.29) is 5.69 Å². The zero-order valence-corrected chi connectivity index (χ0v) is 13.6. The average Bonchev–Trinajstić information content (AvgIpc) is 2.99. The minimum atomic E-state index is -0.409. The number of anilines is 2. The fourth-order valence-electron chi connectivity index (χ4n) is 2.19. The lowest BCUT2D eigenvalue weighted by molar-refractivity contribution is -0.384. The lowest BCUT2D eigenvalue weighted by Crippen LogP contribution is -1.92. The molecule has 2 aromatic carbocycles. The van der Waals surface area contributed by atoms with Gasteiger partial charge in [0.15, 0.2) is 5.13 Å². The Hall–Kier alpha value is -2.73. The van der Waals surface area contributed by atoms with E-state index < -0.39 is 4.92 Å². The maximum absolute atomic E-state index is 10.8. The molecule has 0 aliphatic rings. The van der Waals surface area contributed by atoms with Gasteiger partial charge in [0, 0.05) is 28.8 Å². The molecule has 1 N–H and O–H groups in total. The summed E-state index contributed by atoms with van der Waals surface area (Å²) < 4.78 is 0. The van der Waals surface area contributed by atoms with Crippen LogP contribution in [0.25, 0.3) is 11.3 Å². The molecule has 23 heavy (non-hydrogen) atoms. The first kappa shape index (κ1) is 15.2. The number of rotatable bonds is 4. The van der Waals surface area contributed by atoms with Crippen LogP contribution in [0.15, 0.2) is 47.8 Å². The van der Waals surface area contributed by atoms with Gasteiger partial charge in [-0.25, -0.2) is 4.98 Å². The summed E-state index contributed by atoms with van der Waals surface area (Å²) in [6.45, 7) is 4.16. The lowest BCUT2D eigenvalue weighted by atomic mass is 10.1. The van der Waals surface area contributed by atoms with Gasteiger partial charge in [-0.2, -0.15) is 0 Å². The zero-order valence-electron chi connectivity index (χ0n) is 12.7. The highest BCUT2D eigenvalue weighted by atomic mass is 32.1. The highest BCUT2D eigenvalue weighted by molar-refractivity contribution is 7.14. The molecule has 0 saturated heterocycles. The van der Waals surface area contributed by atoms with E-state index in [1.165, 1.54) is 34.6 Å². The monoisotopic (exact) mass is 325 g/mol. The molecule has 0 spiro atoms. The Bertz CT molecular complexity index is 874. The van der Waals surface area contributed by atoms with Crippen LogP contribution < -0.4 is 5.32 Å². The van der Waals surface area contributed by atoms with Crippen LogP contribution in [0, 0.1) is 24.0 Å². The molecule has 0 unspecified atom stereocenters. The van der Waals surface area contributed by atoms with Crippen LogP contribution in [-0.2, 0) is 0 Å². The minimum Gasteiger partial charge on any atom is -0.331 e. The molecular formula is C17H15N3O2S. The number of nitrogens with one attached hydrogen (secondary N) is 1. The van der Waals surface area contributed by atoms with Crippen molar-refractivity contribution in [2.75, 3.05) is 5.32 Å². The van der Waals surface area contributed by atoms with Gasteiger partial charge in [-0.05, 0) is 37.1 Å². The van der Waals surface area contributed by atoms with Crippen molar-refractivity contribution in [1.29, 1.82) is 0 Å². The predicted octanol–water partition coefficient (Wildman–Crippen LogP) is 5.08. The molecule has 1 aromatic heterocycles. The third-order valence-corrected chi connectivity index (χ3v) is 4.37. The summed E-state index contributed by atoms with van der Waals surface area (Å²) in [7, 11) is 0. The summed E-state index contributed by atoms with van der Waals surface area (Å²) in [5.41, 5.74) is 5.14. The number of nitro groups is 1. The van der Waals surface area contributed by atoms with Crippen molar-refractivity contribution < 1.29 is 4.92 Å². The molecule has 0 amide bonds. The Balaban J connectivity index is 1.83. The van der Waals surface area contributed by atoms with E-state index in [0.29, 0.717) is 10.8 Å². The molecule has 5 nitrogen and oxygen atoms in total. The molecule has 0 atom stereocenters. The smallest absolute Gasteiger partial charge is 0.271 e. The molecule has 6 heteroatoms. The number of nitrogens with zero attached hydrogens (tertiary/aromatic N) is 2. The maximum atomic E-state index is 10.8. The van der Waals surface area contributed by atoms with Crippen molar-refractivity contribution in [1.82, 2.24) is 4.98 Å². The Kier molecular flexibility index (Phi) is 4.08. The minimum absolute atomic E-state index is 0.0564. The molecule has 116 valence electrons. The van der Waals surface area contributed by atoms with E-state index in [2.05, 4.69) is 42.3 Å². The Morgan fingerprint density at radius 1 is 1.13 bits per heavy atom. The van der Waals surface area contributed by atoms with Crippen molar-refractivity contribution in [3.05, 3.63) is 69.1 Å². The van der Waals surface area contributed by atoms with Gasteiger partial charge in [0.05, 0.1) is 10.6 Å². The molecule has 3 rings (SSSR count). The van der Waals surface area contributed by atoms with Crippen molar-refractivity contribution >= 4 is 27.8 Å². The summed E-state index contributed by atoms with van der Waals surface area (Å²) in [6, 6.07) is 12.6. The summed E-state index contributed by atoms with van der Waals surface area (Å²) in [4.78, 5) is 15.0. The van der Waals surface area contributed by atoms with Gasteiger partial charge < -0.3 is 5.32 Å². The van der Waals surface area contributed by atoms with Gasteiger partial charge >= 0.3 is 0 Å². The summed E-state index contributed by atoms with van der Waals surface area (Å²) in [6.07, 6.45) is 0. The van der Waals surface area contributed by atoms with E-state index in [0.717, 1.165) is 11.3 Å². The third kappa shape index (κ3) is 3.37. The number of hydrogen-bond acceptors (Lipinski definition) is 5. The van der Waals surface area contributed by atoms with Crippen LogP contribution >= 0.6 is 11.3 Å². The van der Waals surface area contributed by atoms with E-state index in [9.17, 15) is 10.1 Å². The number of aryl methyl sites for hydroxylation is 2. The molecular weight excluding hydrogens is 310 g/mol. The number of aromatic nitrogens is 1. The second-order valence-electron chi connectivity index (χ2n) is 5.27. The molecule has 0 aliphatic carbocycles. The number of benzene rings is 2. The van der Waals surface area contributed by atoms with Gasteiger partial charge in [0.2, 0.25) is 0 Å².